The van der Waals surface area contributed by atoms with Crippen molar-refractivity contribution in [2.75, 3.05) is 0 Å². The van der Waals surface area contributed by atoms with E-state index in [2.05, 4.69) is 143 Å². The first-order chi connectivity index (χ1) is 24.2. The zero-order valence-corrected chi connectivity index (χ0v) is 26.9. The van der Waals surface area contributed by atoms with Crippen LogP contribution in [0.15, 0.2) is 146 Å². The molecule has 0 fully saturated rings. The standard InChI is InChI=1S/C44H24N4S/c45-25-27-12-16-35-33-8-1-3-10-39(33)47(41(35)20-27)31-7-5-6-29(22-31)30-14-18-43-37(23-30)38-24-32(15-19-44(38)49-43)48-40-11-4-2-9-34(40)36-17-13-28(26-46)21-42(36)48/h1-24H. The predicted octanol–water partition coefficient (Wildman–Crippen LogP) is 11.7. The highest BCUT2D eigenvalue weighted by atomic mass is 32.1. The van der Waals surface area contributed by atoms with E-state index in [0.717, 1.165) is 55.3 Å². The van der Waals surface area contributed by atoms with Crippen LogP contribution >= 0.6 is 11.3 Å². The lowest BCUT2D eigenvalue weighted by atomic mass is 10.0. The van der Waals surface area contributed by atoms with E-state index in [-0.39, 0.29) is 0 Å². The highest BCUT2D eigenvalue weighted by molar-refractivity contribution is 7.25. The van der Waals surface area contributed by atoms with Gasteiger partial charge in [0.15, 0.2) is 0 Å². The van der Waals surface area contributed by atoms with Gasteiger partial charge < -0.3 is 9.13 Å². The smallest absolute Gasteiger partial charge is 0.0992 e. The fourth-order valence-electron chi connectivity index (χ4n) is 7.55. The summed E-state index contributed by atoms with van der Waals surface area (Å²) in [5.74, 6) is 0. The Hall–Kier alpha value is -6.66. The third-order valence-electron chi connectivity index (χ3n) is 9.75. The fraction of sp³-hybridized carbons (Fsp3) is 0. The molecule has 3 aromatic heterocycles. The van der Waals surface area contributed by atoms with Crippen molar-refractivity contribution in [2.45, 2.75) is 0 Å². The Morgan fingerprint density at radius 3 is 1.55 bits per heavy atom. The van der Waals surface area contributed by atoms with Gasteiger partial charge in [-0.2, -0.15) is 10.5 Å². The van der Waals surface area contributed by atoms with Crippen LogP contribution in [0.5, 0.6) is 0 Å². The van der Waals surface area contributed by atoms with E-state index < -0.39 is 0 Å². The Morgan fingerprint density at radius 2 is 0.918 bits per heavy atom. The van der Waals surface area contributed by atoms with Crippen LogP contribution in [0.3, 0.4) is 0 Å². The van der Waals surface area contributed by atoms with E-state index in [1.54, 1.807) is 0 Å². The molecular weight excluding hydrogens is 617 g/mol. The SMILES string of the molecule is N#Cc1ccc2c3ccccc3n(-c3cccc(-c4ccc5sc6ccc(-n7c8ccccc8c8ccc(C#N)cc87)cc6c5c4)c3)c2c1. The largest absolute Gasteiger partial charge is 0.309 e. The third-order valence-corrected chi connectivity index (χ3v) is 10.9. The Balaban J connectivity index is 1.15. The summed E-state index contributed by atoms with van der Waals surface area (Å²) < 4.78 is 7.03. The number of fused-ring (bicyclic) bond motifs is 9. The first-order valence-electron chi connectivity index (χ1n) is 16.1. The van der Waals surface area contributed by atoms with Gasteiger partial charge in [-0.15, -0.1) is 11.3 Å². The molecule has 0 saturated carbocycles. The van der Waals surface area contributed by atoms with Crippen molar-refractivity contribution in [2.24, 2.45) is 0 Å². The molecule has 0 saturated heterocycles. The summed E-state index contributed by atoms with van der Waals surface area (Å²) in [7, 11) is 0. The first-order valence-corrected chi connectivity index (χ1v) is 16.9. The quantitative estimate of drug-likeness (QED) is 0.193. The van der Waals surface area contributed by atoms with Crippen molar-refractivity contribution in [1.29, 1.82) is 10.5 Å². The van der Waals surface area contributed by atoms with Gasteiger partial charge in [0.1, 0.15) is 0 Å². The number of thiophene rings is 1. The maximum atomic E-state index is 9.70. The van der Waals surface area contributed by atoms with Gasteiger partial charge in [0.2, 0.25) is 0 Å². The second-order valence-electron chi connectivity index (χ2n) is 12.4. The number of benzene rings is 7. The summed E-state index contributed by atoms with van der Waals surface area (Å²) in [6.45, 7) is 0. The molecule has 7 aromatic carbocycles. The highest BCUT2D eigenvalue weighted by Gasteiger charge is 2.16. The average Bonchev–Trinajstić information content (AvgIpc) is 3.81. The zero-order chi connectivity index (χ0) is 32.6. The number of rotatable bonds is 3. The van der Waals surface area contributed by atoms with Gasteiger partial charge >= 0.3 is 0 Å². The Bertz CT molecular complexity index is 3090. The third kappa shape index (κ3) is 4.07. The summed E-state index contributed by atoms with van der Waals surface area (Å²) in [5, 5.41) is 26.4. The van der Waals surface area contributed by atoms with Crippen molar-refractivity contribution in [3.8, 4) is 34.6 Å². The zero-order valence-electron chi connectivity index (χ0n) is 26.1. The van der Waals surface area contributed by atoms with E-state index in [4.69, 9.17) is 0 Å². The van der Waals surface area contributed by atoms with E-state index in [0.29, 0.717) is 11.1 Å². The highest BCUT2D eigenvalue weighted by Crippen LogP contribution is 2.40. The van der Waals surface area contributed by atoms with Gasteiger partial charge in [-0.25, -0.2) is 0 Å². The second kappa shape index (κ2) is 10.4. The molecule has 0 unspecified atom stereocenters. The van der Waals surface area contributed by atoms with Crippen LogP contribution in [0.25, 0.3) is 86.3 Å². The van der Waals surface area contributed by atoms with E-state index in [1.165, 1.54) is 30.9 Å². The van der Waals surface area contributed by atoms with E-state index in [1.807, 2.05) is 35.6 Å². The first kappa shape index (κ1) is 27.5. The fourth-order valence-corrected chi connectivity index (χ4v) is 8.61. The maximum Gasteiger partial charge on any atom is 0.0992 e. The van der Waals surface area contributed by atoms with Gasteiger partial charge in [0.05, 0.1) is 45.3 Å². The normalized spacial score (nSPS) is 11.6. The molecule has 0 radical (unpaired) electrons. The summed E-state index contributed by atoms with van der Waals surface area (Å²) >= 11 is 1.81. The van der Waals surface area contributed by atoms with Gasteiger partial charge in [0, 0.05) is 53.1 Å². The Kier molecular flexibility index (Phi) is 5.84. The molecule has 0 atom stereocenters. The number of hydrogen-bond donors (Lipinski definition) is 0. The molecule has 0 aliphatic rings. The minimum atomic E-state index is 0.647. The molecule has 0 N–H and O–H groups in total. The molecule has 0 bridgehead atoms. The van der Waals surface area contributed by atoms with Crippen molar-refractivity contribution in [3.63, 3.8) is 0 Å². The molecule has 5 heteroatoms. The monoisotopic (exact) mass is 640 g/mol. The Labute approximate surface area is 285 Å². The van der Waals surface area contributed by atoms with E-state index in [9.17, 15) is 10.5 Å². The lowest BCUT2D eigenvalue weighted by Crippen LogP contribution is -1.94. The van der Waals surface area contributed by atoms with Crippen molar-refractivity contribution in [3.05, 3.63) is 157 Å². The molecule has 226 valence electrons. The Morgan fingerprint density at radius 1 is 0.388 bits per heavy atom. The van der Waals surface area contributed by atoms with Gasteiger partial charge in [0.25, 0.3) is 0 Å². The summed E-state index contributed by atoms with van der Waals surface area (Å²) in [5.41, 5.74) is 9.99. The van der Waals surface area contributed by atoms with Gasteiger partial charge in [-0.05, 0) is 90.0 Å². The van der Waals surface area contributed by atoms with Crippen LogP contribution in [-0.2, 0) is 0 Å². The maximum absolute atomic E-state index is 9.70. The number of nitrogens with zero attached hydrogens (tertiary/aromatic N) is 4. The lowest BCUT2D eigenvalue weighted by Gasteiger charge is -2.11. The molecule has 3 heterocycles. The van der Waals surface area contributed by atoms with E-state index >= 15 is 0 Å². The van der Waals surface area contributed by atoms with Crippen molar-refractivity contribution in [1.82, 2.24) is 9.13 Å². The summed E-state index contributed by atoms with van der Waals surface area (Å²) in [4.78, 5) is 0. The minimum absolute atomic E-state index is 0.647. The summed E-state index contributed by atoms with van der Waals surface area (Å²) in [6, 6.07) is 55.6. The predicted molar refractivity (Wildman–Crippen MR) is 203 cm³/mol. The topological polar surface area (TPSA) is 57.4 Å². The minimum Gasteiger partial charge on any atom is -0.309 e. The van der Waals surface area contributed by atoms with Crippen molar-refractivity contribution >= 4 is 75.1 Å². The molecule has 4 nitrogen and oxygen atoms in total. The van der Waals surface area contributed by atoms with Crippen LogP contribution in [0.2, 0.25) is 0 Å². The molecule has 0 spiro atoms. The average molecular weight is 641 g/mol. The lowest BCUT2D eigenvalue weighted by molar-refractivity contribution is 1.18. The molecule has 0 aliphatic heterocycles. The summed E-state index contributed by atoms with van der Waals surface area (Å²) in [6.07, 6.45) is 0. The molecule has 49 heavy (non-hydrogen) atoms. The van der Waals surface area contributed by atoms with Crippen LogP contribution in [-0.4, -0.2) is 9.13 Å². The van der Waals surface area contributed by atoms with Crippen LogP contribution in [0.4, 0.5) is 0 Å². The number of nitriles is 2. The second-order valence-corrected chi connectivity index (χ2v) is 13.5. The van der Waals surface area contributed by atoms with Crippen LogP contribution < -0.4 is 0 Å². The van der Waals surface area contributed by atoms with Gasteiger partial charge in [-0.3, -0.25) is 0 Å². The van der Waals surface area contributed by atoms with Gasteiger partial charge in [-0.1, -0.05) is 66.7 Å². The number of para-hydroxylation sites is 2. The van der Waals surface area contributed by atoms with Crippen LogP contribution in [0.1, 0.15) is 11.1 Å². The number of aromatic nitrogens is 2. The number of hydrogen-bond acceptors (Lipinski definition) is 3. The molecule has 10 aromatic rings. The van der Waals surface area contributed by atoms with Crippen LogP contribution in [0, 0.1) is 22.7 Å². The molecular formula is C44H24N4S. The molecule has 0 amide bonds. The molecule has 0 aliphatic carbocycles. The molecule has 10 rings (SSSR count). The van der Waals surface area contributed by atoms with Crippen molar-refractivity contribution < 1.29 is 0 Å².